The smallest absolute Gasteiger partial charge is 0.301 e. The third-order valence-corrected chi connectivity index (χ3v) is 13.0. The van der Waals surface area contributed by atoms with Crippen LogP contribution in [0.3, 0.4) is 0 Å². The van der Waals surface area contributed by atoms with E-state index in [4.69, 9.17) is 26.4 Å². The Hall–Kier alpha value is -5.51. The van der Waals surface area contributed by atoms with Gasteiger partial charge in [0.25, 0.3) is 5.56 Å². The number of ether oxygens (including phenoxy) is 1. The first-order valence-corrected chi connectivity index (χ1v) is 20.3. The summed E-state index contributed by atoms with van der Waals surface area (Å²) in [6, 6.07) is 10.5. The molecule has 2 saturated carbocycles. The van der Waals surface area contributed by atoms with Gasteiger partial charge in [-0.1, -0.05) is 23.7 Å². The van der Waals surface area contributed by atoms with E-state index in [1.807, 2.05) is 23.9 Å². The number of alkyl halides is 2. The zero-order chi connectivity index (χ0) is 40.0. The summed E-state index contributed by atoms with van der Waals surface area (Å²) in [4.78, 5) is 49.5. The van der Waals surface area contributed by atoms with Gasteiger partial charge in [0.05, 0.1) is 46.3 Å². The molecule has 2 amide bonds. The maximum Gasteiger partial charge on any atom is 0.301 e. The number of hydrogen-bond acceptors (Lipinski definition) is 11. The van der Waals surface area contributed by atoms with Gasteiger partial charge < -0.3 is 30.2 Å². The second-order valence-corrected chi connectivity index (χ2v) is 17.0. The van der Waals surface area contributed by atoms with Gasteiger partial charge in [0.2, 0.25) is 23.5 Å². The zero-order valence-electron chi connectivity index (χ0n) is 32.0. The SMILES string of the molecule is Cn1nc(C2CCC(=O)NC2=O)c2cccc(NC3CCC4CN(c5ncc(Cl)c(Nc6ccc7c(c6)c6c(c(=O)n7C)OCC(F)(F)[C@H](C7CC7)N6)n5)CC4C3)c21. The number of rotatable bonds is 7. The largest absolute Gasteiger partial charge is 0.480 e. The van der Waals surface area contributed by atoms with E-state index in [0.29, 0.717) is 76.6 Å². The molecule has 5 aliphatic rings. The molecule has 10 rings (SSSR count). The van der Waals surface area contributed by atoms with E-state index in [2.05, 4.69) is 37.2 Å². The van der Waals surface area contributed by atoms with Gasteiger partial charge in [-0.05, 0) is 80.5 Å². The van der Waals surface area contributed by atoms with Crippen LogP contribution in [0.2, 0.25) is 5.02 Å². The van der Waals surface area contributed by atoms with Crippen LogP contribution < -0.4 is 36.5 Å². The van der Waals surface area contributed by atoms with Gasteiger partial charge >= 0.3 is 5.92 Å². The van der Waals surface area contributed by atoms with Crippen molar-refractivity contribution in [2.75, 3.05) is 40.5 Å². The van der Waals surface area contributed by atoms with E-state index in [9.17, 15) is 14.4 Å². The molecule has 4 fully saturated rings. The summed E-state index contributed by atoms with van der Waals surface area (Å²) >= 11 is 6.66. The van der Waals surface area contributed by atoms with E-state index < -0.39 is 30.0 Å². The molecular weight excluding hydrogens is 770 g/mol. The average molecular weight is 813 g/mol. The van der Waals surface area contributed by atoms with E-state index in [1.54, 1.807) is 31.4 Å². The molecule has 3 aliphatic heterocycles. The minimum absolute atomic E-state index is 0.113. The van der Waals surface area contributed by atoms with Gasteiger partial charge in [0.15, 0.2) is 12.4 Å². The number of amides is 2. The molecule has 58 heavy (non-hydrogen) atoms. The predicted molar refractivity (Wildman–Crippen MR) is 216 cm³/mol. The zero-order valence-corrected chi connectivity index (χ0v) is 32.8. The lowest BCUT2D eigenvalue weighted by Crippen LogP contribution is -2.44. The molecule has 302 valence electrons. The predicted octanol–water partition coefficient (Wildman–Crippen LogP) is 6.07. The van der Waals surface area contributed by atoms with Crippen LogP contribution in [0.25, 0.3) is 21.8 Å². The fourth-order valence-corrected chi connectivity index (χ4v) is 9.80. The highest BCUT2D eigenvalue weighted by Gasteiger charge is 2.51. The third-order valence-electron chi connectivity index (χ3n) is 12.8. The Labute approximate surface area is 336 Å². The van der Waals surface area contributed by atoms with Crippen molar-refractivity contribution in [3.05, 3.63) is 63.7 Å². The molecule has 6 heterocycles. The molecule has 17 heteroatoms. The maximum absolute atomic E-state index is 15.2. The molecule has 0 spiro atoms. The highest BCUT2D eigenvalue weighted by atomic mass is 35.5. The van der Waals surface area contributed by atoms with E-state index in [-0.39, 0.29) is 35.2 Å². The number of carbonyl (C=O) groups excluding carboxylic acids is 2. The van der Waals surface area contributed by atoms with Crippen LogP contribution in [0.15, 0.2) is 47.4 Å². The summed E-state index contributed by atoms with van der Waals surface area (Å²) in [5.41, 5.74) is 3.57. The molecular formula is C41H43ClF2N10O4. The topological polar surface area (TPSA) is 160 Å². The minimum Gasteiger partial charge on any atom is -0.480 e. The minimum atomic E-state index is -3.14. The average Bonchev–Trinajstić information content (AvgIpc) is 3.88. The van der Waals surface area contributed by atoms with Crippen molar-refractivity contribution >= 4 is 74.0 Å². The number of benzene rings is 2. The summed E-state index contributed by atoms with van der Waals surface area (Å²) in [5.74, 6) is -2.59. The Morgan fingerprint density at radius 1 is 0.983 bits per heavy atom. The van der Waals surface area contributed by atoms with E-state index in [1.165, 1.54) is 4.57 Å². The second-order valence-electron chi connectivity index (χ2n) is 16.6. The fourth-order valence-electron chi connectivity index (χ4n) is 9.66. The third kappa shape index (κ3) is 6.36. The van der Waals surface area contributed by atoms with Crippen molar-refractivity contribution in [3.8, 4) is 5.75 Å². The monoisotopic (exact) mass is 812 g/mol. The van der Waals surface area contributed by atoms with E-state index >= 15 is 8.78 Å². The van der Waals surface area contributed by atoms with E-state index in [0.717, 1.165) is 48.9 Å². The van der Waals surface area contributed by atoms with Crippen LogP contribution in [0, 0.1) is 17.8 Å². The summed E-state index contributed by atoms with van der Waals surface area (Å²) in [6.45, 7) is 0.742. The molecule has 5 atom stereocenters. The number of hydrogen-bond donors (Lipinski definition) is 4. The lowest BCUT2D eigenvalue weighted by atomic mass is 9.79. The van der Waals surface area contributed by atoms with Crippen LogP contribution in [0.5, 0.6) is 5.75 Å². The van der Waals surface area contributed by atoms with Crippen molar-refractivity contribution in [1.29, 1.82) is 0 Å². The van der Waals surface area contributed by atoms with Gasteiger partial charge in [0, 0.05) is 56.1 Å². The number of nitrogens with one attached hydrogen (secondary N) is 4. The number of imide groups is 1. The van der Waals surface area contributed by atoms with Gasteiger partial charge in [0.1, 0.15) is 5.02 Å². The first-order valence-electron chi connectivity index (χ1n) is 20.0. The molecule has 4 N–H and O–H groups in total. The Morgan fingerprint density at radius 3 is 2.60 bits per heavy atom. The number of pyridine rings is 1. The Morgan fingerprint density at radius 2 is 1.79 bits per heavy atom. The van der Waals surface area contributed by atoms with Gasteiger partial charge in [-0.25, -0.2) is 13.8 Å². The molecule has 4 unspecified atom stereocenters. The van der Waals surface area contributed by atoms with Crippen molar-refractivity contribution in [2.24, 2.45) is 31.8 Å². The highest BCUT2D eigenvalue weighted by molar-refractivity contribution is 6.33. The Bertz CT molecular complexity index is 2580. The van der Waals surface area contributed by atoms with Crippen molar-refractivity contribution < 1.29 is 23.1 Å². The number of halogens is 3. The van der Waals surface area contributed by atoms with Crippen LogP contribution >= 0.6 is 11.6 Å². The number of nitrogens with zero attached hydrogens (tertiary/aromatic N) is 6. The molecule has 3 aromatic heterocycles. The number of fused-ring (bicyclic) bond motifs is 5. The molecule has 2 aliphatic carbocycles. The van der Waals surface area contributed by atoms with Gasteiger partial charge in [-0.2, -0.15) is 10.1 Å². The lowest BCUT2D eigenvalue weighted by Gasteiger charge is -2.32. The molecule has 14 nitrogen and oxygen atoms in total. The number of aryl methyl sites for hydroxylation is 2. The quantitative estimate of drug-likeness (QED) is 0.141. The van der Waals surface area contributed by atoms with Crippen LogP contribution in [0.1, 0.15) is 56.6 Å². The molecule has 0 bridgehead atoms. The van der Waals surface area contributed by atoms with Crippen molar-refractivity contribution in [2.45, 2.75) is 68.9 Å². The molecule has 2 saturated heterocycles. The summed E-state index contributed by atoms with van der Waals surface area (Å²) in [6.07, 6.45) is 6.71. The number of para-hydroxylation sites is 1. The van der Waals surface area contributed by atoms with Crippen molar-refractivity contribution in [1.82, 2.24) is 29.6 Å². The maximum atomic E-state index is 15.2. The molecule has 0 radical (unpaired) electrons. The Balaban J connectivity index is 0.858. The van der Waals surface area contributed by atoms with Gasteiger partial charge in [-0.15, -0.1) is 0 Å². The number of aromatic nitrogens is 5. The normalized spacial score (nSPS) is 25.4. The standard InChI is InChI=1S/C41H43ClF2N10O4/c1-52-30-12-10-24(15-27(30)33-35(39(52)57)58-19-41(43,44)36(49-33)20-6-7-20)47-37-28(42)16-45-40(50-37)54-17-21-8-9-23(14-22(21)18-54)46-29-5-3-4-25-32(51-53(2)34(25)29)26-11-13-31(55)48-38(26)56/h3-5,10,12,15-16,20-23,26,36,46,49H,6-9,11,13-14,17-19H2,1-2H3,(H,45,47,50)(H,48,55,56)/t21?,22?,23?,26?,36-/m0/s1. The first kappa shape index (κ1) is 36.8. The fraction of sp³-hybridized carbons (Fsp3) is 0.463. The molecule has 2 aromatic carbocycles. The van der Waals surface area contributed by atoms with Crippen LogP contribution in [-0.4, -0.2) is 73.8 Å². The van der Waals surface area contributed by atoms with Crippen LogP contribution in [0.4, 0.5) is 37.6 Å². The van der Waals surface area contributed by atoms with Crippen LogP contribution in [-0.2, 0) is 23.7 Å². The number of piperidine rings is 1. The summed E-state index contributed by atoms with van der Waals surface area (Å²) in [5, 5.41) is 19.2. The lowest BCUT2D eigenvalue weighted by molar-refractivity contribution is -0.134. The second kappa shape index (κ2) is 13.8. The van der Waals surface area contributed by atoms with Crippen molar-refractivity contribution in [3.63, 3.8) is 0 Å². The number of carbonyl (C=O) groups is 2. The number of anilines is 5. The summed E-state index contributed by atoms with van der Waals surface area (Å²) < 4.78 is 39.1. The summed E-state index contributed by atoms with van der Waals surface area (Å²) in [7, 11) is 3.49. The first-order chi connectivity index (χ1) is 27.9. The van der Waals surface area contributed by atoms with Gasteiger partial charge in [-0.3, -0.25) is 24.4 Å². The Kier molecular flexibility index (Phi) is 8.76. The highest BCUT2D eigenvalue weighted by Crippen LogP contribution is 2.46. The molecule has 5 aromatic rings.